The first-order chi connectivity index (χ1) is 12.3. The van der Waals surface area contributed by atoms with Gasteiger partial charge in [-0.05, 0) is 36.8 Å². The van der Waals surface area contributed by atoms with Crippen LogP contribution in [0.15, 0.2) is 41.2 Å². The lowest BCUT2D eigenvalue weighted by atomic mass is 10.1. The summed E-state index contributed by atoms with van der Waals surface area (Å²) >= 11 is 0. The van der Waals surface area contributed by atoms with Crippen molar-refractivity contribution < 1.29 is 13.2 Å². The zero-order chi connectivity index (χ0) is 18.6. The Morgan fingerprint density at radius 3 is 2.58 bits per heavy atom. The average molecular weight is 361 g/mol. The van der Waals surface area contributed by atoms with E-state index in [2.05, 4.69) is 4.98 Å². The fraction of sp³-hybridized carbons (Fsp3) is 0.368. The van der Waals surface area contributed by atoms with Gasteiger partial charge in [0.15, 0.2) is 5.65 Å². The summed E-state index contributed by atoms with van der Waals surface area (Å²) in [6, 6.07) is 10.9. The lowest BCUT2D eigenvalue weighted by Gasteiger charge is -2.08. The molecule has 1 aliphatic rings. The lowest BCUT2D eigenvalue weighted by molar-refractivity contribution is -0.136. The highest BCUT2D eigenvalue weighted by Crippen LogP contribution is 2.48. The number of fused-ring (bicyclic) bond motifs is 1. The lowest BCUT2D eigenvalue weighted by Crippen LogP contribution is -2.23. The van der Waals surface area contributed by atoms with Crippen LogP contribution in [0, 0.1) is 12.8 Å². The van der Waals surface area contributed by atoms with E-state index in [1.54, 1.807) is 7.05 Å². The number of alkyl halides is 3. The SMILES string of the molecule is Cc1cc(C(F)(F)F)c2c(=O)n(C[C@@H]3C[C@H]3c3ccccc3)n(C)c2n1. The van der Waals surface area contributed by atoms with Crippen LogP contribution in [-0.2, 0) is 19.8 Å². The Labute approximate surface area is 147 Å². The molecule has 0 N–H and O–H groups in total. The largest absolute Gasteiger partial charge is 0.417 e. The van der Waals surface area contributed by atoms with Crippen LogP contribution < -0.4 is 5.56 Å². The van der Waals surface area contributed by atoms with Crippen LogP contribution in [0.25, 0.3) is 11.0 Å². The molecule has 1 aliphatic carbocycles. The van der Waals surface area contributed by atoms with Crippen molar-refractivity contribution in [2.75, 3.05) is 0 Å². The van der Waals surface area contributed by atoms with Gasteiger partial charge in [0.05, 0.1) is 10.9 Å². The molecule has 2 heterocycles. The van der Waals surface area contributed by atoms with Crippen LogP contribution in [0.5, 0.6) is 0 Å². The predicted molar refractivity (Wildman–Crippen MR) is 92.0 cm³/mol. The summed E-state index contributed by atoms with van der Waals surface area (Å²) in [4.78, 5) is 16.9. The number of hydrogen-bond acceptors (Lipinski definition) is 2. The van der Waals surface area contributed by atoms with Gasteiger partial charge in [0.1, 0.15) is 0 Å². The number of aryl methyl sites for hydroxylation is 2. The standard InChI is InChI=1S/C19H18F3N3O/c1-11-8-15(19(20,21)22)16-17(23-11)24(2)25(18(16)26)10-13-9-14(13)12-6-4-3-5-7-12/h3-8,13-14H,9-10H2,1-2H3/t13-,14-/m0/s1. The number of benzene rings is 1. The number of nitrogens with zero attached hydrogens (tertiary/aromatic N) is 3. The number of halogens is 3. The summed E-state index contributed by atoms with van der Waals surface area (Å²) in [7, 11) is 1.59. The van der Waals surface area contributed by atoms with Gasteiger partial charge in [0.2, 0.25) is 0 Å². The van der Waals surface area contributed by atoms with Gasteiger partial charge in [-0.25, -0.2) is 9.67 Å². The first-order valence-corrected chi connectivity index (χ1v) is 8.46. The minimum atomic E-state index is -4.59. The highest BCUT2D eigenvalue weighted by Gasteiger charge is 2.40. The monoisotopic (exact) mass is 361 g/mol. The summed E-state index contributed by atoms with van der Waals surface area (Å²) in [5.74, 6) is 0.589. The zero-order valence-corrected chi connectivity index (χ0v) is 14.4. The maximum atomic E-state index is 13.4. The van der Waals surface area contributed by atoms with E-state index < -0.39 is 17.3 Å². The molecule has 0 unspecified atom stereocenters. The van der Waals surface area contributed by atoms with Gasteiger partial charge in [-0.1, -0.05) is 30.3 Å². The van der Waals surface area contributed by atoms with Crippen molar-refractivity contribution >= 4 is 11.0 Å². The normalized spacial score (nSPS) is 19.9. The number of aromatic nitrogens is 3. The van der Waals surface area contributed by atoms with Gasteiger partial charge in [-0.3, -0.25) is 9.48 Å². The minimum Gasteiger partial charge on any atom is -0.268 e. The van der Waals surface area contributed by atoms with Crippen LogP contribution in [-0.4, -0.2) is 14.3 Å². The molecule has 0 saturated heterocycles. The fourth-order valence-electron chi connectivity index (χ4n) is 3.69. The van der Waals surface area contributed by atoms with E-state index in [9.17, 15) is 18.0 Å². The molecule has 2 atom stereocenters. The first-order valence-electron chi connectivity index (χ1n) is 8.46. The summed E-state index contributed by atoms with van der Waals surface area (Å²) in [6.45, 7) is 1.89. The van der Waals surface area contributed by atoms with Gasteiger partial charge in [0, 0.05) is 19.3 Å². The highest BCUT2D eigenvalue weighted by molar-refractivity contribution is 5.79. The Bertz CT molecular complexity index is 1030. The van der Waals surface area contributed by atoms with Crippen molar-refractivity contribution in [2.45, 2.75) is 32.0 Å². The number of hydrogen-bond donors (Lipinski definition) is 0. The van der Waals surface area contributed by atoms with Crippen LogP contribution in [0.2, 0.25) is 0 Å². The van der Waals surface area contributed by atoms with Gasteiger partial charge < -0.3 is 0 Å². The molecule has 2 aromatic heterocycles. The third kappa shape index (κ3) is 2.71. The van der Waals surface area contributed by atoms with Crippen molar-refractivity contribution in [2.24, 2.45) is 13.0 Å². The molecule has 7 heteroatoms. The Balaban J connectivity index is 1.75. The van der Waals surface area contributed by atoms with E-state index >= 15 is 0 Å². The van der Waals surface area contributed by atoms with Gasteiger partial charge in [-0.15, -0.1) is 0 Å². The van der Waals surface area contributed by atoms with Crippen LogP contribution in [0.3, 0.4) is 0 Å². The number of rotatable bonds is 3. The average Bonchev–Trinajstić information content (AvgIpc) is 3.32. The maximum Gasteiger partial charge on any atom is 0.417 e. The molecule has 0 amide bonds. The molecule has 0 radical (unpaired) electrons. The molecule has 0 spiro atoms. The van der Waals surface area contributed by atoms with Crippen LogP contribution in [0.1, 0.15) is 29.2 Å². The third-order valence-corrected chi connectivity index (χ3v) is 5.11. The Morgan fingerprint density at radius 2 is 1.92 bits per heavy atom. The second-order valence-corrected chi connectivity index (χ2v) is 6.93. The second-order valence-electron chi connectivity index (χ2n) is 6.93. The van der Waals surface area contributed by atoms with Crippen molar-refractivity contribution in [1.29, 1.82) is 0 Å². The molecule has 136 valence electrons. The van der Waals surface area contributed by atoms with E-state index in [4.69, 9.17) is 0 Å². The van der Waals surface area contributed by atoms with E-state index in [-0.39, 0.29) is 22.6 Å². The molecule has 1 saturated carbocycles. The molecule has 0 aliphatic heterocycles. The van der Waals surface area contributed by atoms with E-state index in [0.29, 0.717) is 12.5 Å². The molecule has 0 bridgehead atoms. The summed E-state index contributed by atoms with van der Waals surface area (Å²) in [5.41, 5.74) is -0.00421. The van der Waals surface area contributed by atoms with E-state index in [0.717, 1.165) is 12.5 Å². The van der Waals surface area contributed by atoms with Gasteiger partial charge in [-0.2, -0.15) is 13.2 Å². The minimum absolute atomic E-state index is 0.0826. The van der Waals surface area contributed by atoms with E-state index in [1.165, 1.54) is 21.9 Å². The van der Waals surface area contributed by atoms with E-state index in [1.807, 2.05) is 30.3 Å². The molecule has 3 aromatic rings. The zero-order valence-electron chi connectivity index (χ0n) is 14.4. The van der Waals surface area contributed by atoms with Crippen molar-refractivity contribution in [3.8, 4) is 0 Å². The molecule has 1 fully saturated rings. The molecular weight excluding hydrogens is 343 g/mol. The molecule has 4 nitrogen and oxygen atoms in total. The summed E-state index contributed by atoms with van der Waals surface area (Å²) in [6.07, 6.45) is -3.66. The molecule has 26 heavy (non-hydrogen) atoms. The van der Waals surface area contributed by atoms with Gasteiger partial charge in [0.25, 0.3) is 5.56 Å². The Kier molecular flexibility index (Phi) is 3.71. The quantitative estimate of drug-likeness (QED) is 0.711. The van der Waals surface area contributed by atoms with Crippen molar-refractivity contribution in [1.82, 2.24) is 14.3 Å². The van der Waals surface area contributed by atoms with Crippen LogP contribution >= 0.6 is 0 Å². The molecule has 1 aromatic carbocycles. The second kappa shape index (κ2) is 5.72. The molecular formula is C19H18F3N3O. The van der Waals surface area contributed by atoms with Crippen molar-refractivity contribution in [3.05, 3.63) is 63.6 Å². The van der Waals surface area contributed by atoms with Gasteiger partial charge >= 0.3 is 6.18 Å². The van der Waals surface area contributed by atoms with Crippen LogP contribution in [0.4, 0.5) is 13.2 Å². The first kappa shape index (κ1) is 16.9. The molecule has 4 rings (SSSR count). The number of pyridine rings is 1. The summed E-state index contributed by atoms with van der Waals surface area (Å²) < 4.78 is 43.0. The maximum absolute atomic E-state index is 13.4. The Hall–Kier alpha value is -2.57. The fourth-order valence-corrected chi connectivity index (χ4v) is 3.69. The third-order valence-electron chi connectivity index (χ3n) is 5.11. The van der Waals surface area contributed by atoms with Crippen molar-refractivity contribution in [3.63, 3.8) is 0 Å². The topological polar surface area (TPSA) is 39.8 Å². The Morgan fingerprint density at radius 1 is 1.23 bits per heavy atom. The highest BCUT2D eigenvalue weighted by atomic mass is 19.4. The predicted octanol–water partition coefficient (Wildman–Crippen LogP) is 3.87. The smallest absolute Gasteiger partial charge is 0.268 e. The summed E-state index contributed by atoms with van der Waals surface area (Å²) in [5, 5.41) is -0.345.